The second-order valence-electron chi connectivity index (χ2n) is 7.14. The summed E-state index contributed by atoms with van der Waals surface area (Å²) in [7, 11) is 0. The molecule has 0 aliphatic rings. The van der Waals surface area contributed by atoms with Gasteiger partial charge in [-0.1, -0.05) is 47.5 Å². The van der Waals surface area contributed by atoms with Crippen LogP contribution in [0.5, 0.6) is 0 Å². The SMILES string of the molecule is O=C(Cn1c(=O)c2nc(-c3ccc(Cl)cc3)cn2c2ccccc21)c1ccc(Cl)cc1. The van der Waals surface area contributed by atoms with Gasteiger partial charge in [-0.15, -0.1) is 0 Å². The second-order valence-corrected chi connectivity index (χ2v) is 8.01. The predicted octanol–water partition coefficient (Wildman–Crippen LogP) is 5.51. The first kappa shape index (κ1) is 19.5. The zero-order valence-corrected chi connectivity index (χ0v) is 17.6. The lowest BCUT2D eigenvalue weighted by Gasteiger charge is -2.11. The molecule has 0 bridgehead atoms. The lowest BCUT2D eigenvalue weighted by Crippen LogP contribution is -2.26. The van der Waals surface area contributed by atoms with Gasteiger partial charge in [0.05, 0.1) is 23.3 Å². The van der Waals surface area contributed by atoms with E-state index in [1.54, 1.807) is 40.8 Å². The Labute approximate surface area is 187 Å². The van der Waals surface area contributed by atoms with Crippen molar-refractivity contribution in [3.05, 3.63) is 105 Å². The summed E-state index contributed by atoms with van der Waals surface area (Å²) in [6.45, 7) is -0.0966. The van der Waals surface area contributed by atoms with E-state index in [2.05, 4.69) is 4.98 Å². The number of para-hydroxylation sites is 2. The van der Waals surface area contributed by atoms with E-state index < -0.39 is 0 Å². The van der Waals surface area contributed by atoms with Crippen LogP contribution in [0.2, 0.25) is 10.0 Å². The molecule has 152 valence electrons. The van der Waals surface area contributed by atoms with Gasteiger partial charge in [0.25, 0.3) is 5.56 Å². The Morgan fingerprint density at radius 1 is 0.839 bits per heavy atom. The monoisotopic (exact) mass is 447 g/mol. The molecule has 0 fully saturated rings. The van der Waals surface area contributed by atoms with Crippen molar-refractivity contribution in [1.29, 1.82) is 0 Å². The van der Waals surface area contributed by atoms with Gasteiger partial charge in [-0.25, -0.2) is 4.98 Å². The molecule has 31 heavy (non-hydrogen) atoms. The number of carbonyl (C=O) groups is 1. The first-order chi connectivity index (χ1) is 15.0. The molecule has 0 aliphatic carbocycles. The molecule has 5 nitrogen and oxygen atoms in total. The van der Waals surface area contributed by atoms with E-state index in [-0.39, 0.29) is 23.5 Å². The Kier molecular flexibility index (Phi) is 4.85. The number of hydrogen-bond acceptors (Lipinski definition) is 3. The molecule has 0 N–H and O–H groups in total. The number of Topliss-reactive ketones (excluding diaryl/α,β-unsaturated/α-hetero) is 1. The number of rotatable bonds is 4. The van der Waals surface area contributed by atoms with Crippen LogP contribution in [0.3, 0.4) is 0 Å². The molecule has 5 rings (SSSR count). The highest BCUT2D eigenvalue weighted by Crippen LogP contribution is 2.23. The molecule has 0 saturated heterocycles. The van der Waals surface area contributed by atoms with Gasteiger partial charge in [-0.3, -0.25) is 18.6 Å². The van der Waals surface area contributed by atoms with Crippen molar-refractivity contribution in [1.82, 2.24) is 14.0 Å². The number of ketones is 1. The number of aromatic nitrogens is 3. The summed E-state index contributed by atoms with van der Waals surface area (Å²) in [5.74, 6) is -0.183. The van der Waals surface area contributed by atoms with E-state index >= 15 is 0 Å². The standard InChI is InChI=1S/C24H15Cl2N3O2/c25-17-9-5-15(6-10-17)19-13-28-20-3-1-2-4-21(20)29(24(31)23(28)27-19)14-22(30)16-7-11-18(26)12-8-16/h1-13H,14H2. The summed E-state index contributed by atoms with van der Waals surface area (Å²) in [6, 6.07) is 21.4. The molecule has 5 aromatic rings. The summed E-state index contributed by atoms with van der Waals surface area (Å²) in [5.41, 5.74) is 3.36. The largest absolute Gasteiger partial charge is 0.296 e. The maximum absolute atomic E-state index is 13.3. The van der Waals surface area contributed by atoms with Gasteiger partial charge >= 0.3 is 0 Å². The van der Waals surface area contributed by atoms with Gasteiger partial charge in [-0.05, 0) is 48.5 Å². The number of hydrogen-bond donors (Lipinski definition) is 0. The van der Waals surface area contributed by atoms with Crippen molar-refractivity contribution < 1.29 is 4.79 Å². The molecule has 0 amide bonds. The zero-order chi connectivity index (χ0) is 21.5. The molecule has 2 heterocycles. The Hall–Kier alpha value is -3.41. The van der Waals surface area contributed by atoms with Crippen molar-refractivity contribution >= 4 is 45.7 Å². The first-order valence-corrected chi connectivity index (χ1v) is 10.3. The highest BCUT2D eigenvalue weighted by molar-refractivity contribution is 6.31. The molecular formula is C24H15Cl2N3O2. The average Bonchev–Trinajstić information content (AvgIpc) is 3.23. The van der Waals surface area contributed by atoms with Crippen LogP contribution in [-0.2, 0) is 6.54 Å². The Bertz CT molecular complexity index is 1500. The molecule has 0 unspecified atom stereocenters. The van der Waals surface area contributed by atoms with Crippen molar-refractivity contribution in [3.63, 3.8) is 0 Å². The summed E-state index contributed by atoms with van der Waals surface area (Å²) in [6.07, 6.45) is 1.83. The quantitative estimate of drug-likeness (QED) is 0.341. The highest BCUT2D eigenvalue weighted by atomic mass is 35.5. The molecule has 0 atom stereocenters. The summed E-state index contributed by atoms with van der Waals surface area (Å²) < 4.78 is 3.24. The normalized spacial score (nSPS) is 11.3. The van der Waals surface area contributed by atoms with Crippen LogP contribution in [0.4, 0.5) is 0 Å². The second kappa shape index (κ2) is 7.69. The molecular weight excluding hydrogens is 433 g/mol. The van der Waals surface area contributed by atoms with Crippen LogP contribution in [-0.4, -0.2) is 19.7 Å². The van der Waals surface area contributed by atoms with Crippen molar-refractivity contribution in [2.24, 2.45) is 0 Å². The zero-order valence-electron chi connectivity index (χ0n) is 16.1. The van der Waals surface area contributed by atoms with Gasteiger partial charge in [0.1, 0.15) is 0 Å². The van der Waals surface area contributed by atoms with E-state index in [9.17, 15) is 9.59 Å². The third-order valence-corrected chi connectivity index (χ3v) is 5.69. The maximum Gasteiger partial charge on any atom is 0.295 e. The number of carbonyl (C=O) groups excluding carboxylic acids is 1. The van der Waals surface area contributed by atoms with Crippen LogP contribution < -0.4 is 5.56 Å². The van der Waals surface area contributed by atoms with E-state index in [0.717, 1.165) is 11.1 Å². The summed E-state index contributed by atoms with van der Waals surface area (Å²) >= 11 is 11.9. The third-order valence-electron chi connectivity index (χ3n) is 5.18. The smallest absolute Gasteiger partial charge is 0.295 e. The average molecular weight is 448 g/mol. The van der Waals surface area contributed by atoms with Crippen LogP contribution in [0.1, 0.15) is 10.4 Å². The Balaban J connectivity index is 1.68. The third kappa shape index (κ3) is 3.52. The summed E-state index contributed by atoms with van der Waals surface area (Å²) in [5, 5.41) is 1.17. The number of benzene rings is 3. The topological polar surface area (TPSA) is 56.4 Å². The van der Waals surface area contributed by atoms with Crippen LogP contribution >= 0.6 is 23.2 Å². The van der Waals surface area contributed by atoms with Crippen molar-refractivity contribution in [2.75, 3.05) is 0 Å². The minimum absolute atomic E-state index is 0.0966. The molecule has 0 spiro atoms. The fourth-order valence-electron chi connectivity index (χ4n) is 3.63. The fourth-order valence-corrected chi connectivity index (χ4v) is 3.88. The van der Waals surface area contributed by atoms with E-state index in [1.165, 1.54) is 4.57 Å². The van der Waals surface area contributed by atoms with E-state index in [4.69, 9.17) is 23.2 Å². The predicted molar refractivity (Wildman–Crippen MR) is 123 cm³/mol. The Morgan fingerprint density at radius 2 is 1.45 bits per heavy atom. The van der Waals surface area contributed by atoms with Crippen LogP contribution in [0.15, 0.2) is 83.8 Å². The van der Waals surface area contributed by atoms with Gasteiger partial charge in [-0.2, -0.15) is 0 Å². The van der Waals surface area contributed by atoms with Crippen molar-refractivity contribution in [2.45, 2.75) is 6.54 Å². The van der Waals surface area contributed by atoms with Gasteiger partial charge in [0.15, 0.2) is 5.78 Å². The highest BCUT2D eigenvalue weighted by Gasteiger charge is 2.17. The first-order valence-electron chi connectivity index (χ1n) is 9.56. The lowest BCUT2D eigenvalue weighted by atomic mass is 10.1. The van der Waals surface area contributed by atoms with Crippen LogP contribution in [0, 0.1) is 0 Å². The summed E-state index contributed by atoms with van der Waals surface area (Å²) in [4.78, 5) is 30.8. The van der Waals surface area contributed by atoms with Gasteiger partial charge < -0.3 is 0 Å². The number of nitrogens with zero attached hydrogens (tertiary/aromatic N) is 3. The molecule has 0 aliphatic heterocycles. The lowest BCUT2D eigenvalue weighted by molar-refractivity contribution is 0.0972. The molecule has 0 radical (unpaired) electrons. The molecule has 0 saturated carbocycles. The Morgan fingerprint density at radius 3 is 2.13 bits per heavy atom. The molecule has 2 aromatic heterocycles. The molecule has 7 heteroatoms. The minimum atomic E-state index is -0.332. The van der Waals surface area contributed by atoms with Gasteiger partial charge in [0.2, 0.25) is 5.65 Å². The minimum Gasteiger partial charge on any atom is -0.296 e. The number of fused-ring (bicyclic) bond motifs is 3. The maximum atomic E-state index is 13.3. The van der Waals surface area contributed by atoms with Gasteiger partial charge in [0, 0.05) is 27.4 Å². The molecule has 3 aromatic carbocycles. The van der Waals surface area contributed by atoms with Crippen LogP contribution in [0.25, 0.3) is 27.9 Å². The number of halogens is 2. The fraction of sp³-hybridized carbons (Fsp3) is 0.0417. The van der Waals surface area contributed by atoms with E-state index in [0.29, 0.717) is 26.8 Å². The van der Waals surface area contributed by atoms with Crippen molar-refractivity contribution in [3.8, 4) is 11.3 Å². The van der Waals surface area contributed by atoms with E-state index in [1.807, 2.05) is 42.6 Å². The number of imidazole rings is 1.